The van der Waals surface area contributed by atoms with Gasteiger partial charge in [0.1, 0.15) is 5.75 Å². The van der Waals surface area contributed by atoms with E-state index in [-0.39, 0.29) is 5.92 Å². The molecule has 0 radical (unpaired) electrons. The largest absolute Gasteiger partial charge is 0.441 e. The van der Waals surface area contributed by atoms with E-state index in [4.69, 9.17) is 4.52 Å². The molecule has 0 saturated heterocycles. The van der Waals surface area contributed by atoms with Gasteiger partial charge in [-0.25, -0.2) is 0 Å². The molecular weight excluding hydrogens is 303 g/mol. The molecule has 23 heavy (non-hydrogen) atoms. The number of rotatable bonds is 2. The molecule has 0 aromatic heterocycles. The first-order valence-electron chi connectivity index (χ1n) is 7.75. The van der Waals surface area contributed by atoms with Crippen molar-refractivity contribution < 1.29 is 9.09 Å². The molecule has 2 atom stereocenters. The second-order valence-electron chi connectivity index (χ2n) is 5.79. The summed E-state index contributed by atoms with van der Waals surface area (Å²) >= 11 is 0. The van der Waals surface area contributed by atoms with Crippen molar-refractivity contribution in [3.63, 3.8) is 0 Å². The zero-order valence-corrected chi connectivity index (χ0v) is 13.8. The molecular formula is C20H17O2P. The summed E-state index contributed by atoms with van der Waals surface area (Å²) in [5, 5.41) is 0.814. The van der Waals surface area contributed by atoms with Crippen LogP contribution in [0.5, 0.6) is 5.75 Å². The van der Waals surface area contributed by atoms with Crippen LogP contribution in [0.25, 0.3) is 11.1 Å². The molecule has 0 amide bonds. The van der Waals surface area contributed by atoms with Gasteiger partial charge in [-0.1, -0.05) is 73.7 Å². The van der Waals surface area contributed by atoms with Crippen molar-refractivity contribution in [2.75, 3.05) is 0 Å². The van der Waals surface area contributed by atoms with Gasteiger partial charge >= 0.3 is 0 Å². The Kier molecular flexibility index (Phi) is 3.55. The van der Waals surface area contributed by atoms with Gasteiger partial charge in [-0.3, -0.25) is 4.57 Å². The monoisotopic (exact) mass is 320 g/mol. The Morgan fingerprint density at radius 2 is 1.52 bits per heavy atom. The molecule has 114 valence electrons. The highest BCUT2D eigenvalue weighted by molar-refractivity contribution is 7.49. The van der Waals surface area contributed by atoms with Crippen molar-refractivity contribution in [3.8, 4) is 16.9 Å². The van der Waals surface area contributed by atoms with Crippen LogP contribution in [0.1, 0.15) is 24.0 Å². The first kappa shape index (κ1) is 14.3. The summed E-state index contributed by atoms with van der Waals surface area (Å²) in [6.07, 6.45) is 0. The average Bonchev–Trinajstić information content (AvgIpc) is 2.62. The van der Waals surface area contributed by atoms with Crippen LogP contribution in [0.4, 0.5) is 0 Å². The molecule has 0 N–H and O–H groups in total. The number of benzene rings is 3. The number of fused-ring (bicyclic) bond motifs is 3. The van der Waals surface area contributed by atoms with Gasteiger partial charge in [-0.05, 0) is 17.2 Å². The van der Waals surface area contributed by atoms with E-state index in [1.165, 1.54) is 5.56 Å². The fourth-order valence-corrected chi connectivity index (χ4v) is 4.38. The molecule has 0 fully saturated rings. The van der Waals surface area contributed by atoms with Crippen LogP contribution in [-0.2, 0) is 4.57 Å². The van der Waals surface area contributed by atoms with Crippen LogP contribution >= 0.6 is 8.03 Å². The van der Waals surface area contributed by atoms with Gasteiger partial charge in [-0.2, -0.15) is 0 Å². The molecule has 1 aliphatic rings. The highest BCUT2D eigenvalue weighted by atomic mass is 31.1. The van der Waals surface area contributed by atoms with Crippen LogP contribution in [0.3, 0.4) is 0 Å². The molecule has 0 saturated carbocycles. The predicted octanol–water partition coefficient (Wildman–Crippen LogP) is 5.00. The van der Waals surface area contributed by atoms with Crippen molar-refractivity contribution in [1.82, 2.24) is 0 Å². The van der Waals surface area contributed by atoms with Crippen LogP contribution in [0.2, 0.25) is 0 Å². The summed E-state index contributed by atoms with van der Waals surface area (Å²) in [6.45, 7) is 2.16. The summed E-state index contributed by atoms with van der Waals surface area (Å²) in [5.41, 5.74) is 4.37. The molecule has 3 heteroatoms. The van der Waals surface area contributed by atoms with E-state index in [9.17, 15) is 4.57 Å². The lowest BCUT2D eigenvalue weighted by atomic mass is 9.89. The summed E-state index contributed by atoms with van der Waals surface area (Å²) < 4.78 is 18.4. The maximum atomic E-state index is 12.5. The van der Waals surface area contributed by atoms with Gasteiger partial charge in [0.2, 0.25) is 0 Å². The third kappa shape index (κ3) is 2.40. The Morgan fingerprint density at radius 3 is 2.35 bits per heavy atom. The van der Waals surface area contributed by atoms with Gasteiger partial charge in [0.15, 0.2) is 0 Å². The molecule has 2 nitrogen and oxygen atoms in total. The Balaban J connectivity index is 1.89. The molecule has 0 aliphatic carbocycles. The van der Waals surface area contributed by atoms with E-state index in [1.807, 2.05) is 48.5 Å². The number of hydrogen-bond donors (Lipinski definition) is 0. The topological polar surface area (TPSA) is 26.3 Å². The standard InChI is InChI=1S/C20H17O2P/c1-14(15-8-3-2-4-9-15)16-11-7-12-18-17-10-5-6-13-19(17)23(21)22-20(16)18/h2-14,23H,1H3. The Bertz CT molecular complexity index is 887. The van der Waals surface area contributed by atoms with E-state index >= 15 is 0 Å². The van der Waals surface area contributed by atoms with Gasteiger partial charge in [0.05, 0.1) is 5.30 Å². The van der Waals surface area contributed by atoms with Crippen molar-refractivity contribution >= 4 is 13.3 Å². The van der Waals surface area contributed by atoms with Crippen molar-refractivity contribution in [3.05, 3.63) is 83.9 Å². The predicted molar refractivity (Wildman–Crippen MR) is 95.1 cm³/mol. The highest BCUT2D eigenvalue weighted by Gasteiger charge is 2.26. The minimum absolute atomic E-state index is 0.186. The van der Waals surface area contributed by atoms with Gasteiger partial charge < -0.3 is 4.52 Å². The summed E-state index contributed by atoms with van der Waals surface area (Å²) in [4.78, 5) is 0. The molecule has 2 unspecified atom stereocenters. The molecule has 0 bridgehead atoms. The Labute approximate surface area is 136 Å². The van der Waals surface area contributed by atoms with Crippen LogP contribution < -0.4 is 9.83 Å². The molecule has 4 rings (SSSR count). The maximum Gasteiger partial charge on any atom is 0.266 e. The van der Waals surface area contributed by atoms with E-state index < -0.39 is 8.03 Å². The molecule has 3 aromatic carbocycles. The lowest BCUT2D eigenvalue weighted by Crippen LogP contribution is -2.12. The second-order valence-corrected chi connectivity index (χ2v) is 7.11. The van der Waals surface area contributed by atoms with Gasteiger partial charge in [0, 0.05) is 17.0 Å². The number of hydrogen-bond acceptors (Lipinski definition) is 2. The smallest absolute Gasteiger partial charge is 0.266 e. The lowest BCUT2D eigenvalue weighted by molar-refractivity contribution is 0.509. The fraction of sp³-hybridized carbons (Fsp3) is 0.100. The van der Waals surface area contributed by atoms with E-state index in [0.29, 0.717) is 0 Å². The van der Waals surface area contributed by atoms with E-state index in [1.54, 1.807) is 0 Å². The zero-order chi connectivity index (χ0) is 15.8. The van der Waals surface area contributed by atoms with Gasteiger partial charge in [0.25, 0.3) is 8.03 Å². The third-order valence-electron chi connectivity index (χ3n) is 4.44. The molecule has 1 aliphatic heterocycles. The first-order valence-corrected chi connectivity index (χ1v) is 9.07. The first-order chi connectivity index (χ1) is 11.3. The molecule has 3 aromatic rings. The van der Waals surface area contributed by atoms with E-state index in [2.05, 4.69) is 31.2 Å². The maximum absolute atomic E-state index is 12.5. The van der Waals surface area contributed by atoms with Crippen LogP contribution in [-0.4, -0.2) is 0 Å². The molecule has 0 spiro atoms. The third-order valence-corrected chi connectivity index (χ3v) is 5.71. The van der Waals surface area contributed by atoms with Crippen LogP contribution in [0.15, 0.2) is 72.8 Å². The highest BCUT2D eigenvalue weighted by Crippen LogP contribution is 2.47. The Hall–Kier alpha value is -2.31. The zero-order valence-electron chi connectivity index (χ0n) is 12.8. The number of para-hydroxylation sites is 1. The minimum Gasteiger partial charge on any atom is -0.441 e. The summed E-state index contributed by atoms with van der Waals surface area (Å²) in [6, 6.07) is 24.3. The average molecular weight is 320 g/mol. The van der Waals surface area contributed by atoms with E-state index in [0.717, 1.165) is 27.7 Å². The van der Waals surface area contributed by atoms with Crippen molar-refractivity contribution in [2.45, 2.75) is 12.8 Å². The quantitative estimate of drug-likeness (QED) is 0.621. The summed E-state index contributed by atoms with van der Waals surface area (Å²) in [7, 11) is -2.25. The lowest BCUT2D eigenvalue weighted by Gasteiger charge is -2.25. The minimum atomic E-state index is -2.25. The summed E-state index contributed by atoms with van der Waals surface area (Å²) in [5.74, 6) is 0.956. The Morgan fingerprint density at radius 1 is 0.826 bits per heavy atom. The second kappa shape index (κ2) is 5.72. The van der Waals surface area contributed by atoms with Crippen LogP contribution in [0, 0.1) is 0 Å². The molecule has 1 heterocycles. The SMILES string of the molecule is CC(c1ccccc1)c1cccc2c1O[PH](=O)c1ccccc1-2. The van der Waals surface area contributed by atoms with Crippen molar-refractivity contribution in [1.29, 1.82) is 0 Å². The fourth-order valence-electron chi connectivity index (χ4n) is 3.19. The van der Waals surface area contributed by atoms with Crippen molar-refractivity contribution in [2.24, 2.45) is 0 Å². The van der Waals surface area contributed by atoms with Gasteiger partial charge in [-0.15, -0.1) is 0 Å². The normalized spacial score (nSPS) is 16.8.